The van der Waals surface area contributed by atoms with Crippen LogP contribution in [0.1, 0.15) is 35.3 Å². The summed E-state index contributed by atoms with van der Waals surface area (Å²) in [4.78, 5) is 25.8. The number of nitrogens with zero attached hydrogens (tertiary/aromatic N) is 3. The first-order valence-corrected chi connectivity index (χ1v) is 8.71. The molecule has 0 bridgehead atoms. The molecule has 0 spiro atoms. The van der Waals surface area contributed by atoms with Crippen molar-refractivity contribution >= 4 is 5.91 Å². The lowest BCUT2D eigenvalue weighted by Gasteiger charge is -2.32. The van der Waals surface area contributed by atoms with Gasteiger partial charge >= 0.3 is 0 Å². The van der Waals surface area contributed by atoms with Crippen LogP contribution in [0.2, 0.25) is 0 Å². The number of amides is 1. The Kier molecular flexibility index (Phi) is 5.44. The molecule has 1 aliphatic heterocycles. The molecule has 0 unspecified atom stereocenters. The molecule has 1 amide bonds. The second-order valence-electron chi connectivity index (χ2n) is 6.71. The number of benzene rings is 1. The molecular weight excluding hydrogens is 340 g/mol. The molecular formula is C19H21F2N3O2. The smallest absolute Gasteiger partial charge is 0.274 e. The van der Waals surface area contributed by atoms with Gasteiger partial charge in [0.25, 0.3) is 11.5 Å². The molecule has 1 aromatic carbocycles. The number of carbonyl (C=O) groups is 1. The van der Waals surface area contributed by atoms with Crippen molar-refractivity contribution in [2.24, 2.45) is 13.0 Å². The molecule has 138 valence electrons. The SMILES string of the molecule is Cn1nc(C(=O)N2CCC[C@H](CCc3ccc(F)cc3F)C2)ccc1=O. The molecule has 0 saturated carbocycles. The van der Waals surface area contributed by atoms with E-state index >= 15 is 0 Å². The van der Waals surface area contributed by atoms with E-state index in [9.17, 15) is 18.4 Å². The number of likely N-dealkylation sites (tertiary alicyclic amines) is 1. The molecule has 0 N–H and O–H groups in total. The standard InChI is InChI=1S/C19H21F2N3O2/c1-23-18(25)9-8-17(22-23)19(26)24-10-2-3-13(12-24)4-5-14-6-7-15(20)11-16(14)21/h6-9,11,13H,2-5,10,12H2,1H3/t13-/m1/s1. The van der Waals surface area contributed by atoms with Gasteiger partial charge in [0.2, 0.25) is 0 Å². The molecule has 1 atom stereocenters. The number of aryl methyl sites for hydroxylation is 2. The first-order valence-electron chi connectivity index (χ1n) is 8.71. The van der Waals surface area contributed by atoms with E-state index in [2.05, 4.69) is 5.10 Å². The third-order valence-electron chi connectivity index (χ3n) is 4.82. The third kappa shape index (κ3) is 4.15. The number of rotatable bonds is 4. The van der Waals surface area contributed by atoms with Gasteiger partial charge in [0.15, 0.2) is 0 Å². The lowest BCUT2D eigenvalue weighted by Crippen LogP contribution is -2.41. The molecule has 26 heavy (non-hydrogen) atoms. The summed E-state index contributed by atoms with van der Waals surface area (Å²) in [5.41, 5.74) is 0.478. The summed E-state index contributed by atoms with van der Waals surface area (Å²) in [5.74, 6) is -1.04. The fourth-order valence-electron chi connectivity index (χ4n) is 3.35. The van der Waals surface area contributed by atoms with E-state index in [1.807, 2.05) is 0 Å². The van der Waals surface area contributed by atoms with Crippen molar-refractivity contribution in [3.63, 3.8) is 0 Å². The molecule has 5 nitrogen and oxygen atoms in total. The maximum Gasteiger partial charge on any atom is 0.274 e. The predicted molar refractivity (Wildman–Crippen MR) is 92.8 cm³/mol. The minimum atomic E-state index is -0.578. The fourth-order valence-corrected chi connectivity index (χ4v) is 3.35. The highest BCUT2D eigenvalue weighted by Crippen LogP contribution is 2.23. The van der Waals surface area contributed by atoms with E-state index in [-0.39, 0.29) is 23.1 Å². The Morgan fingerprint density at radius 2 is 2.08 bits per heavy atom. The Morgan fingerprint density at radius 3 is 2.81 bits per heavy atom. The molecule has 3 rings (SSSR count). The lowest BCUT2D eigenvalue weighted by atomic mass is 9.91. The van der Waals surface area contributed by atoms with Crippen LogP contribution in [-0.2, 0) is 13.5 Å². The lowest BCUT2D eigenvalue weighted by molar-refractivity contribution is 0.0659. The fraction of sp³-hybridized carbons (Fsp3) is 0.421. The van der Waals surface area contributed by atoms with E-state index in [4.69, 9.17) is 0 Å². The zero-order valence-corrected chi connectivity index (χ0v) is 14.6. The Labute approximate surface area is 150 Å². The van der Waals surface area contributed by atoms with Crippen LogP contribution in [0.4, 0.5) is 8.78 Å². The zero-order chi connectivity index (χ0) is 18.7. The van der Waals surface area contributed by atoms with Gasteiger partial charge in [0.05, 0.1) is 0 Å². The Hall–Kier alpha value is -2.57. The van der Waals surface area contributed by atoms with E-state index in [0.717, 1.165) is 30.0 Å². The van der Waals surface area contributed by atoms with Crippen LogP contribution in [-0.4, -0.2) is 33.7 Å². The van der Waals surface area contributed by atoms with Gasteiger partial charge in [0, 0.05) is 32.3 Å². The van der Waals surface area contributed by atoms with Gasteiger partial charge < -0.3 is 4.90 Å². The van der Waals surface area contributed by atoms with E-state index in [1.165, 1.54) is 31.3 Å². The van der Waals surface area contributed by atoms with Crippen molar-refractivity contribution in [2.45, 2.75) is 25.7 Å². The van der Waals surface area contributed by atoms with Gasteiger partial charge in [-0.3, -0.25) is 9.59 Å². The Bertz CT molecular complexity index is 866. The maximum absolute atomic E-state index is 13.8. The highest BCUT2D eigenvalue weighted by molar-refractivity contribution is 5.92. The largest absolute Gasteiger partial charge is 0.337 e. The van der Waals surface area contributed by atoms with Crippen LogP contribution in [0.5, 0.6) is 0 Å². The number of aromatic nitrogens is 2. The summed E-state index contributed by atoms with van der Waals surface area (Å²) in [7, 11) is 1.51. The summed E-state index contributed by atoms with van der Waals surface area (Å²) in [5, 5.41) is 4.01. The second-order valence-corrected chi connectivity index (χ2v) is 6.71. The summed E-state index contributed by atoms with van der Waals surface area (Å²) < 4.78 is 27.9. The Balaban J connectivity index is 1.62. The molecule has 2 heterocycles. The summed E-state index contributed by atoms with van der Waals surface area (Å²) >= 11 is 0. The monoisotopic (exact) mass is 361 g/mol. The van der Waals surface area contributed by atoms with E-state index in [0.29, 0.717) is 25.1 Å². The molecule has 0 radical (unpaired) electrons. The minimum absolute atomic E-state index is 0.196. The van der Waals surface area contributed by atoms with Crippen LogP contribution < -0.4 is 5.56 Å². The van der Waals surface area contributed by atoms with Crippen LogP contribution >= 0.6 is 0 Å². The van der Waals surface area contributed by atoms with Gasteiger partial charge in [-0.2, -0.15) is 5.10 Å². The highest BCUT2D eigenvalue weighted by Gasteiger charge is 2.25. The van der Waals surface area contributed by atoms with E-state index < -0.39 is 11.6 Å². The maximum atomic E-state index is 13.8. The third-order valence-corrected chi connectivity index (χ3v) is 4.82. The zero-order valence-electron chi connectivity index (χ0n) is 14.6. The average Bonchev–Trinajstić information content (AvgIpc) is 2.63. The predicted octanol–water partition coefficient (Wildman–Crippen LogP) is 2.54. The first kappa shape index (κ1) is 18.2. The van der Waals surface area contributed by atoms with Crippen LogP contribution in [0.15, 0.2) is 35.1 Å². The molecule has 1 saturated heterocycles. The van der Waals surface area contributed by atoms with Gasteiger partial charge in [-0.15, -0.1) is 0 Å². The first-order chi connectivity index (χ1) is 12.4. The average molecular weight is 361 g/mol. The van der Waals surface area contributed by atoms with E-state index in [1.54, 1.807) is 4.90 Å². The number of hydrogen-bond donors (Lipinski definition) is 0. The van der Waals surface area contributed by atoms with Gasteiger partial charge in [-0.1, -0.05) is 6.07 Å². The van der Waals surface area contributed by atoms with Crippen LogP contribution in [0.3, 0.4) is 0 Å². The van der Waals surface area contributed by atoms with Gasteiger partial charge in [-0.05, 0) is 49.3 Å². The number of piperidine rings is 1. The molecule has 1 fully saturated rings. The summed E-state index contributed by atoms with van der Waals surface area (Å²) in [6.07, 6.45) is 3.07. The molecule has 1 aliphatic rings. The normalized spacial score (nSPS) is 17.3. The number of hydrogen-bond acceptors (Lipinski definition) is 3. The van der Waals surface area contributed by atoms with Crippen molar-refractivity contribution in [2.75, 3.05) is 13.1 Å². The second kappa shape index (κ2) is 7.76. The van der Waals surface area contributed by atoms with Crippen LogP contribution in [0.25, 0.3) is 0 Å². The van der Waals surface area contributed by atoms with Crippen LogP contribution in [0, 0.1) is 17.6 Å². The molecule has 7 heteroatoms. The number of halogens is 2. The molecule has 1 aromatic heterocycles. The summed E-state index contributed by atoms with van der Waals surface area (Å²) in [6.45, 7) is 1.22. The van der Waals surface area contributed by atoms with Gasteiger partial charge in [0.1, 0.15) is 17.3 Å². The minimum Gasteiger partial charge on any atom is -0.337 e. The number of carbonyl (C=O) groups excluding carboxylic acids is 1. The molecule has 0 aliphatic carbocycles. The molecule has 2 aromatic rings. The quantitative estimate of drug-likeness (QED) is 0.841. The Morgan fingerprint density at radius 1 is 1.27 bits per heavy atom. The van der Waals surface area contributed by atoms with Crippen molar-refractivity contribution in [3.05, 3.63) is 63.6 Å². The van der Waals surface area contributed by atoms with Crippen molar-refractivity contribution in [3.8, 4) is 0 Å². The van der Waals surface area contributed by atoms with Crippen molar-refractivity contribution in [1.82, 2.24) is 14.7 Å². The topological polar surface area (TPSA) is 55.2 Å². The highest BCUT2D eigenvalue weighted by atomic mass is 19.1. The van der Waals surface area contributed by atoms with Gasteiger partial charge in [-0.25, -0.2) is 13.5 Å². The van der Waals surface area contributed by atoms with Crippen molar-refractivity contribution in [1.29, 1.82) is 0 Å². The summed E-state index contributed by atoms with van der Waals surface area (Å²) in [6, 6.07) is 6.42. The van der Waals surface area contributed by atoms with Crippen molar-refractivity contribution < 1.29 is 13.6 Å².